The molecule has 3 aromatic rings. The second-order valence-electron chi connectivity index (χ2n) is 7.08. The summed E-state index contributed by atoms with van der Waals surface area (Å²) in [4.78, 5) is 12.9. The number of carbonyl (C=O) groups is 1. The van der Waals surface area contributed by atoms with Gasteiger partial charge in [0.2, 0.25) is 15.9 Å². The number of aryl methyl sites for hydroxylation is 2. The molecule has 3 aromatic carbocycles. The van der Waals surface area contributed by atoms with Crippen LogP contribution in [-0.4, -0.2) is 26.6 Å². The van der Waals surface area contributed by atoms with Crippen molar-refractivity contribution in [2.45, 2.75) is 26.8 Å². The molecular formula is C22H24N2O3S. The molecule has 28 heavy (non-hydrogen) atoms. The number of anilines is 2. The number of sulfonamides is 1. The van der Waals surface area contributed by atoms with E-state index in [0.717, 1.165) is 28.2 Å². The molecule has 6 heteroatoms. The minimum Gasteiger partial charge on any atom is -0.324 e. The number of rotatable bonds is 5. The molecule has 0 spiro atoms. The third-order valence-electron chi connectivity index (χ3n) is 4.71. The van der Waals surface area contributed by atoms with Crippen LogP contribution in [0.25, 0.3) is 10.8 Å². The molecule has 3 rings (SSSR count). The van der Waals surface area contributed by atoms with Crippen LogP contribution < -0.4 is 9.62 Å². The summed E-state index contributed by atoms with van der Waals surface area (Å²) in [5, 5.41) is 4.92. The number of hydrogen-bond donors (Lipinski definition) is 1. The first-order valence-electron chi connectivity index (χ1n) is 9.03. The molecule has 1 N–H and O–H groups in total. The van der Waals surface area contributed by atoms with Gasteiger partial charge in [-0.05, 0) is 60.9 Å². The Morgan fingerprint density at radius 1 is 0.964 bits per heavy atom. The molecule has 0 unspecified atom stereocenters. The highest BCUT2D eigenvalue weighted by atomic mass is 32.2. The topological polar surface area (TPSA) is 66.5 Å². The number of amides is 1. The number of nitrogens with zero attached hydrogens (tertiary/aromatic N) is 1. The van der Waals surface area contributed by atoms with Crippen LogP contribution >= 0.6 is 0 Å². The summed E-state index contributed by atoms with van der Waals surface area (Å²) >= 11 is 0. The Kier molecular flexibility index (Phi) is 5.42. The van der Waals surface area contributed by atoms with Crippen LogP contribution in [0.2, 0.25) is 0 Å². The third-order valence-corrected chi connectivity index (χ3v) is 5.94. The minimum atomic E-state index is -3.66. The Hall–Kier alpha value is -2.86. The van der Waals surface area contributed by atoms with Crippen LogP contribution in [0.4, 0.5) is 11.4 Å². The van der Waals surface area contributed by atoms with Crippen LogP contribution in [0.15, 0.2) is 60.7 Å². The summed E-state index contributed by atoms with van der Waals surface area (Å²) in [6.07, 6.45) is 1.12. The second kappa shape index (κ2) is 7.64. The predicted octanol–water partition coefficient (Wildman–Crippen LogP) is 4.25. The molecule has 0 heterocycles. The van der Waals surface area contributed by atoms with Crippen molar-refractivity contribution < 1.29 is 13.2 Å². The van der Waals surface area contributed by atoms with Crippen molar-refractivity contribution in [1.82, 2.24) is 0 Å². The monoisotopic (exact) mass is 396 g/mol. The fraction of sp³-hybridized carbons (Fsp3) is 0.227. The zero-order valence-electron chi connectivity index (χ0n) is 16.4. The van der Waals surface area contributed by atoms with Crippen LogP contribution in [0.5, 0.6) is 0 Å². The van der Waals surface area contributed by atoms with E-state index in [1.54, 1.807) is 13.0 Å². The Morgan fingerprint density at radius 3 is 2.32 bits per heavy atom. The Bertz CT molecular complexity index is 1140. The molecular weight excluding hydrogens is 372 g/mol. The zero-order valence-corrected chi connectivity index (χ0v) is 17.2. The van der Waals surface area contributed by atoms with E-state index < -0.39 is 16.1 Å². The molecule has 1 atom stereocenters. The van der Waals surface area contributed by atoms with Crippen LogP contribution in [-0.2, 0) is 14.8 Å². The van der Waals surface area contributed by atoms with Crippen LogP contribution in [0, 0.1) is 13.8 Å². The average Bonchev–Trinajstić information content (AvgIpc) is 2.63. The number of fused-ring (bicyclic) bond motifs is 1. The van der Waals surface area contributed by atoms with Crippen LogP contribution in [0.3, 0.4) is 0 Å². The van der Waals surface area contributed by atoms with E-state index >= 15 is 0 Å². The van der Waals surface area contributed by atoms with Crippen molar-refractivity contribution in [2.24, 2.45) is 0 Å². The number of nitrogens with one attached hydrogen (secondary N) is 1. The van der Waals surface area contributed by atoms with E-state index in [4.69, 9.17) is 0 Å². The summed E-state index contributed by atoms with van der Waals surface area (Å²) in [6.45, 7) is 5.32. The Morgan fingerprint density at radius 2 is 1.64 bits per heavy atom. The van der Waals surface area contributed by atoms with Gasteiger partial charge in [-0.25, -0.2) is 8.42 Å². The maximum Gasteiger partial charge on any atom is 0.247 e. The van der Waals surface area contributed by atoms with Gasteiger partial charge >= 0.3 is 0 Å². The maximum atomic E-state index is 12.9. The third kappa shape index (κ3) is 4.17. The molecule has 146 valence electrons. The Labute approximate surface area is 166 Å². The molecule has 0 bridgehead atoms. The largest absolute Gasteiger partial charge is 0.324 e. The minimum absolute atomic E-state index is 0.387. The standard InChI is InChI=1S/C22H24N2O3S/c1-15-9-10-16(2)21(13-15)24(28(4,26)27)17(3)22(25)23-20-12-11-18-7-5-6-8-19(18)14-20/h5-14,17H,1-4H3,(H,23,25)/t17-/m0/s1. The zero-order chi connectivity index (χ0) is 20.5. The highest BCUT2D eigenvalue weighted by molar-refractivity contribution is 7.92. The molecule has 0 saturated carbocycles. The first-order valence-corrected chi connectivity index (χ1v) is 10.9. The molecule has 0 aliphatic rings. The van der Waals surface area contributed by atoms with Crippen molar-refractivity contribution >= 4 is 38.1 Å². The summed E-state index contributed by atoms with van der Waals surface area (Å²) in [5.74, 6) is -0.387. The number of hydrogen-bond acceptors (Lipinski definition) is 3. The summed E-state index contributed by atoms with van der Waals surface area (Å²) in [7, 11) is -3.66. The predicted molar refractivity (Wildman–Crippen MR) is 115 cm³/mol. The number of carbonyl (C=O) groups excluding carboxylic acids is 1. The molecule has 0 aliphatic heterocycles. The van der Waals surface area contributed by atoms with Gasteiger partial charge < -0.3 is 5.32 Å². The van der Waals surface area contributed by atoms with Crippen molar-refractivity contribution in [3.63, 3.8) is 0 Å². The summed E-state index contributed by atoms with van der Waals surface area (Å²) in [5.41, 5.74) is 2.87. The van der Waals surface area contributed by atoms with E-state index in [2.05, 4.69) is 5.32 Å². The smallest absolute Gasteiger partial charge is 0.247 e. The van der Waals surface area contributed by atoms with Gasteiger partial charge in [-0.15, -0.1) is 0 Å². The lowest BCUT2D eigenvalue weighted by Gasteiger charge is -2.29. The molecule has 0 fully saturated rings. The van der Waals surface area contributed by atoms with Gasteiger partial charge in [-0.3, -0.25) is 9.10 Å². The molecule has 0 saturated heterocycles. The molecule has 0 aliphatic carbocycles. The van der Waals surface area contributed by atoms with E-state index in [1.165, 1.54) is 4.31 Å². The van der Waals surface area contributed by atoms with Gasteiger partial charge in [0.15, 0.2) is 0 Å². The molecule has 5 nitrogen and oxygen atoms in total. The van der Waals surface area contributed by atoms with Gasteiger partial charge in [0, 0.05) is 5.69 Å². The SMILES string of the molecule is Cc1ccc(C)c(N([C@@H](C)C(=O)Nc2ccc3ccccc3c2)S(C)(=O)=O)c1. The summed E-state index contributed by atoms with van der Waals surface area (Å²) < 4.78 is 26.2. The van der Waals surface area contributed by atoms with Crippen LogP contribution in [0.1, 0.15) is 18.1 Å². The van der Waals surface area contributed by atoms with E-state index in [1.807, 2.05) is 68.4 Å². The summed E-state index contributed by atoms with van der Waals surface area (Å²) in [6, 6.07) is 18.1. The van der Waals surface area contributed by atoms with Crippen molar-refractivity contribution in [3.8, 4) is 0 Å². The van der Waals surface area contributed by atoms with Gasteiger partial charge in [-0.2, -0.15) is 0 Å². The first-order chi connectivity index (χ1) is 13.2. The molecule has 0 aromatic heterocycles. The normalized spacial score (nSPS) is 12.6. The molecule has 0 radical (unpaired) electrons. The quantitative estimate of drug-likeness (QED) is 0.701. The van der Waals surface area contributed by atoms with E-state index in [-0.39, 0.29) is 5.91 Å². The van der Waals surface area contributed by atoms with Gasteiger partial charge in [-0.1, -0.05) is 42.5 Å². The lowest BCUT2D eigenvalue weighted by Crippen LogP contribution is -2.45. The highest BCUT2D eigenvalue weighted by Crippen LogP contribution is 2.27. The first kappa shape index (κ1) is 19.9. The van der Waals surface area contributed by atoms with Crippen molar-refractivity contribution in [3.05, 3.63) is 71.8 Å². The second-order valence-corrected chi connectivity index (χ2v) is 8.94. The number of benzene rings is 3. The maximum absolute atomic E-state index is 12.9. The average molecular weight is 397 g/mol. The van der Waals surface area contributed by atoms with Gasteiger partial charge in [0.1, 0.15) is 6.04 Å². The van der Waals surface area contributed by atoms with E-state index in [0.29, 0.717) is 11.4 Å². The fourth-order valence-corrected chi connectivity index (χ4v) is 4.48. The molecule has 1 amide bonds. The Balaban J connectivity index is 1.92. The van der Waals surface area contributed by atoms with Gasteiger partial charge in [0.25, 0.3) is 0 Å². The lowest BCUT2D eigenvalue weighted by atomic mass is 10.1. The fourth-order valence-electron chi connectivity index (χ4n) is 3.25. The van der Waals surface area contributed by atoms with E-state index in [9.17, 15) is 13.2 Å². The van der Waals surface area contributed by atoms with Crippen molar-refractivity contribution in [2.75, 3.05) is 15.9 Å². The van der Waals surface area contributed by atoms with Gasteiger partial charge in [0.05, 0.1) is 11.9 Å². The van der Waals surface area contributed by atoms with Crippen molar-refractivity contribution in [1.29, 1.82) is 0 Å². The lowest BCUT2D eigenvalue weighted by molar-refractivity contribution is -0.116. The highest BCUT2D eigenvalue weighted by Gasteiger charge is 2.30.